The van der Waals surface area contributed by atoms with E-state index in [9.17, 15) is 4.79 Å². The third-order valence-electron chi connectivity index (χ3n) is 3.12. The molecule has 17 heavy (non-hydrogen) atoms. The second kappa shape index (κ2) is 5.23. The third kappa shape index (κ3) is 2.79. The van der Waals surface area contributed by atoms with Crippen LogP contribution in [-0.4, -0.2) is 47.0 Å². The van der Waals surface area contributed by atoms with Crippen molar-refractivity contribution in [3.8, 4) is 0 Å². The summed E-state index contributed by atoms with van der Waals surface area (Å²) in [5.74, 6) is -0.0162. The number of amides is 1. The molecule has 0 aliphatic carbocycles. The molecular formula is C12H18N4O. The van der Waals surface area contributed by atoms with Gasteiger partial charge in [-0.15, -0.1) is 0 Å². The van der Waals surface area contributed by atoms with Gasteiger partial charge in [-0.2, -0.15) is 0 Å². The van der Waals surface area contributed by atoms with Crippen molar-refractivity contribution < 1.29 is 4.79 Å². The van der Waals surface area contributed by atoms with E-state index in [1.807, 2.05) is 18.9 Å². The van der Waals surface area contributed by atoms with Crippen LogP contribution in [-0.2, 0) is 0 Å². The van der Waals surface area contributed by atoms with Gasteiger partial charge in [0.2, 0.25) is 0 Å². The highest BCUT2D eigenvalue weighted by molar-refractivity contribution is 5.92. The van der Waals surface area contributed by atoms with Gasteiger partial charge in [-0.25, -0.2) is 4.98 Å². The fourth-order valence-electron chi connectivity index (χ4n) is 2.06. The second-order valence-corrected chi connectivity index (χ2v) is 4.42. The summed E-state index contributed by atoms with van der Waals surface area (Å²) in [6.45, 7) is 3.43. The lowest BCUT2D eigenvalue weighted by Gasteiger charge is -2.32. The van der Waals surface area contributed by atoms with Crippen LogP contribution < -0.4 is 5.32 Å². The molecule has 2 heterocycles. The van der Waals surface area contributed by atoms with Gasteiger partial charge in [-0.1, -0.05) is 0 Å². The van der Waals surface area contributed by atoms with Gasteiger partial charge in [-0.3, -0.25) is 9.78 Å². The van der Waals surface area contributed by atoms with Gasteiger partial charge in [0, 0.05) is 25.3 Å². The molecule has 0 radical (unpaired) electrons. The first-order valence-electron chi connectivity index (χ1n) is 5.96. The van der Waals surface area contributed by atoms with E-state index in [4.69, 9.17) is 0 Å². The van der Waals surface area contributed by atoms with E-state index in [2.05, 4.69) is 15.3 Å². The van der Waals surface area contributed by atoms with Gasteiger partial charge in [0.1, 0.15) is 5.69 Å². The van der Waals surface area contributed by atoms with Crippen molar-refractivity contribution in [2.24, 2.45) is 0 Å². The summed E-state index contributed by atoms with van der Waals surface area (Å²) < 4.78 is 0. The Bertz CT molecular complexity index is 390. The second-order valence-electron chi connectivity index (χ2n) is 4.42. The SMILES string of the molecule is CNC1CCCN(C(=O)c2cnc(C)cn2)C1. The molecule has 92 valence electrons. The van der Waals surface area contributed by atoms with Crippen molar-refractivity contribution in [3.05, 3.63) is 23.8 Å². The molecule has 0 bridgehead atoms. The first-order valence-corrected chi connectivity index (χ1v) is 5.96. The number of aromatic nitrogens is 2. The van der Waals surface area contributed by atoms with Crippen LogP contribution in [0.1, 0.15) is 29.0 Å². The van der Waals surface area contributed by atoms with Crippen molar-refractivity contribution >= 4 is 5.91 Å². The molecule has 1 aromatic heterocycles. The zero-order valence-electron chi connectivity index (χ0n) is 10.3. The molecule has 0 aromatic carbocycles. The number of rotatable bonds is 2. The largest absolute Gasteiger partial charge is 0.336 e. The number of hydrogen-bond acceptors (Lipinski definition) is 4. The number of nitrogens with one attached hydrogen (secondary N) is 1. The van der Waals surface area contributed by atoms with Gasteiger partial charge in [0.15, 0.2) is 0 Å². The van der Waals surface area contributed by atoms with Crippen molar-refractivity contribution in [1.29, 1.82) is 0 Å². The zero-order chi connectivity index (χ0) is 12.3. The van der Waals surface area contributed by atoms with Crippen LogP contribution in [0.5, 0.6) is 0 Å². The van der Waals surface area contributed by atoms with Gasteiger partial charge in [-0.05, 0) is 26.8 Å². The maximum absolute atomic E-state index is 12.2. The smallest absolute Gasteiger partial charge is 0.274 e. The summed E-state index contributed by atoms with van der Waals surface area (Å²) in [5.41, 5.74) is 1.26. The Balaban J connectivity index is 2.06. The minimum atomic E-state index is -0.0162. The molecule has 1 aliphatic rings. The highest BCUT2D eigenvalue weighted by atomic mass is 16.2. The molecule has 1 amide bonds. The standard InChI is InChI=1S/C12H18N4O/c1-9-6-15-11(7-14-9)12(17)16-5-3-4-10(8-16)13-2/h6-7,10,13H,3-5,8H2,1-2H3. The first-order chi connectivity index (χ1) is 8.20. The Hall–Kier alpha value is -1.49. The summed E-state index contributed by atoms with van der Waals surface area (Å²) in [7, 11) is 1.93. The number of likely N-dealkylation sites (tertiary alicyclic amines) is 1. The lowest BCUT2D eigenvalue weighted by molar-refractivity contribution is 0.0691. The Morgan fingerprint density at radius 2 is 2.29 bits per heavy atom. The highest BCUT2D eigenvalue weighted by Crippen LogP contribution is 2.12. The zero-order valence-corrected chi connectivity index (χ0v) is 10.3. The average Bonchev–Trinajstić information content (AvgIpc) is 2.39. The Labute approximate surface area is 101 Å². The molecule has 1 saturated heterocycles. The maximum Gasteiger partial charge on any atom is 0.274 e. The van der Waals surface area contributed by atoms with Crippen LogP contribution >= 0.6 is 0 Å². The summed E-state index contributed by atoms with van der Waals surface area (Å²) >= 11 is 0. The van der Waals surface area contributed by atoms with Gasteiger partial charge >= 0.3 is 0 Å². The molecule has 0 spiro atoms. The minimum Gasteiger partial charge on any atom is -0.336 e. The van der Waals surface area contributed by atoms with Gasteiger partial charge < -0.3 is 10.2 Å². The number of nitrogens with zero attached hydrogens (tertiary/aromatic N) is 3. The molecule has 1 fully saturated rings. The molecule has 1 unspecified atom stereocenters. The molecule has 0 saturated carbocycles. The van der Waals surface area contributed by atoms with E-state index in [1.54, 1.807) is 12.4 Å². The average molecular weight is 234 g/mol. The van der Waals surface area contributed by atoms with Crippen LogP contribution in [0.25, 0.3) is 0 Å². The Morgan fingerprint density at radius 3 is 2.94 bits per heavy atom. The van der Waals surface area contributed by atoms with Crippen LogP contribution in [0.2, 0.25) is 0 Å². The number of carbonyl (C=O) groups excluding carboxylic acids is 1. The first kappa shape index (κ1) is 12.0. The number of piperidine rings is 1. The van der Waals surface area contributed by atoms with E-state index >= 15 is 0 Å². The monoisotopic (exact) mass is 234 g/mol. The van der Waals surface area contributed by atoms with Crippen LogP contribution in [0.15, 0.2) is 12.4 Å². The van der Waals surface area contributed by atoms with Gasteiger partial charge in [0.25, 0.3) is 5.91 Å². The molecule has 5 heteroatoms. The lowest BCUT2D eigenvalue weighted by Crippen LogP contribution is -2.47. The minimum absolute atomic E-state index is 0.0162. The van der Waals surface area contributed by atoms with Crippen molar-refractivity contribution in [2.75, 3.05) is 20.1 Å². The highest BCUT2D eigenvalue weighted by Gasteiger charge is 2.24. The normalized spacial score (nSPS) is 20.4. The third-order valence-corrected chi connectivity index (χ3v) is 3.12. The topological polar surface area (TPSA) is 58.1 Å². The van der Waals surface area contributed by atoms with Crippen molar-refractivity contribution in [3.63, 3.8) is 0 Å². The lowest BCUT2D eigenvalue weighted by atomic mass is 10.1. The number of hydrogen-bond donors (Lipinski definition) is 1. The van der Waals surface area contributed by atoms with Gasteiger partial charge in [0.05, 0.1) is 11.9 Å². The number of carbonyl (C=O) groups is 1. The van der Waals surface area contributed by atoms with E-state index < -0.39 is 0 Å². The Kier molecular flexibility index (Phi) is 3.68. The molecular weight excluding hydrogens is 216 g/mol. The maximum atomic E-state index is 12.2. The molecule has 5 nitrogen and oxygen atoms in total. The quantitative estimate of drug-likeness (QED) is 0.814. The number of aryl methyl sites for hydroxylation is 1. The van der Waals surface area contributed by atoms with Crippen LogP contribution in [0.4, 0.5) is 0 Å². The molecule has 2 rings (SSSR count). The van der Waals surface area contributed by atoms with E-state index in [0.29, 0.717) is 11.7 Å². The van der Waals surface area contributed by atoms with Crippen molar-refractivity contribution in [2.45, 2.75) is 25.8 Å². The fraction of sp³-hybridized carbons (Fsp3) is 0.583. The Morgan fingerprint density at radius 1 is 1.47 bits per heavy atom. The summed E-state index contributed by atoms with van der Waals surface area (Å²) in [6.07, 6.45) is 5.35. The molecule has 1 N–H and O–H groups in total. The van der Waals surface area contributed by atoms with Crippen LogP contribution in [0.3, 0.4) is 0 Å². The van der Waals surface area contributed by atoms with E-state index in [-0.39, 0.29) is 5.91 Å². The van der Waals surface area contributed by atoms with E-state index in [1.165, 1.54) is 0 Å². The predicted octanol–water partition coefficient (Wildman–Crippen LogP) is 0.609. The summed E-state index contributed by atoms with van der Waals surface area (Å²) in [6, 6.07) is 0.395. The summed E-state index contributed by atoms with van der Waals surface area (Å²) in [4.78, 5) is 22.3. The van der Waals surface area contributed by atoms with Crippen LogP contribution in [0, 0.1) is 6.92 Å². The molecule has 1 aromatic rings. The summed E-state index contributed by atoms with van der Waals surface area (Å²) in [5, 5.41) is 3.22. The number of likely N-dealkylation sites (N-methyl/N-ethyl adjacent to an activating group) is 1. The predicted molar refractivity (Wildman–Crippen MR) is 64.8 cm³/mol. The van der Waals surface area contributed by atoms with E-state index in [0.717, 1.165) is 31.6 Å². The molecule has 1 atom stereocenters. The fourth-order valence-corrected chi connectivity index (χ4v) is 2.06. The van der Waals surface area contributed by atoms with Crippen molar-refractivity contribution in [1.82, 2.24) is 20.2 Å². The molecule has 1 aliphatic heterocycles.